The minimum atomic E-state index is 0.579. The molecule has 0 spiro atoms. The zero-order valence-electron chi connectivity index (χ0n) is 8.07. The summed E-state index contributed by atoms with van der Waals surface area (Å²) in [5, 5.41) is 1.85. The zero-order chi connectivity index (χ0) is 9.97. The maximum absolute atomic E-state index is 5.76. The molecule has 2 nitrogen and oxygen atoms in total. The minimum Gasteiger partial charge on any atom is -0.346 e. The van der Waals surface area contributed by atoms with Crippen molar-refractivity contribution in [2.75, 3.05) is 23.7 Å². The van der Waals surface area contributed by atoms with Crippen molar-refractivity contribution in [1.82, 2.24) is 4.98 Å². The molecular weight excluding hydrogens is 236 g/mol. The molecule has 1 unspecified atom stereocenters. The predicted octanol–water partition coefficient (Wildman–Crippen LogP) is 2.82. The zero-order valence-corrected chi connectivity index (χ0v) is 10.5. The lowest BCUT2D eigenvalue weighted by Crippen LogP contribution is -2.36. The van der Waals surface area contributed by atoms with Gasteiger partial charge in [0.05, 0.1) is 5.88 Å². The molecule has 1 aliphatic heterocycles. The van der Waals surface area contributed by atoms with E-state index in [1.807, 2.05) is 18.0 Å². The number of halogens is 1. The van der Waals surface area contributed by atoms with Crippen LogP contribution in [-0.4, -0.2) is 29.1 Å². The first-order valence-corrected chi connectivity index (χ1v) is 7.07. The van der Waals surface area contributed by atoms with Crippen LogP contribution in [-0.2, 0) is 5.88 Å². The quantitative estimate of drug-likeness (QED) is 0.749. The molecular formula is C9H13ClN2S2. The Kier molecular flexibility index (Phi) is 3.57. The lowest BCUT2D eigenvalue weighted by atomic mass is 10.4. The summed E-state index contributed by atoms with van der Waals surface area (Å²) in [4.78, 5) is 7.92. The Balaban J connectivity index is 2.06. The lowest BCUT2D eigenvalue weighted by Gasteiger charge is -2.30. The Morgan fingerprint density at radius 1 is 1.71 bits per heavy atom. The van der Waals surface area contributed by atoms with Crippen LogP contribution in [0.15, 0.2) is 6.20 Å². The molecule has 0 radical (unpaired) electrons. The average Bonchev–Trinajstić information content (AvgIpc) is 2.66. The Hall–Kier alpha value is 0.0700. The largest absolute Gasteiger partial charge is 0.346 e. The molecule has 1 atom stereocenters. The van der Waals surface area contributed by atoms with E-state index >= 15 is 0 Å². The van der Waals surface area contributed by atoms with E-state index in [9.17, 15) is 0 Å². The van der Waals surface area contributed by atoms with E-state index in [0.29, 0.717) is 11.1 Å². The molecule has 2 heterocycles. The maximum Gasteiger partial charge on any atom is 0.185 e. The van der Waals surface area contributed by atoms with E-state index in [2.05, 4.69) is 16.8 Å². The van der Waals surface area contributed by atoms with Gasteiger partial charge in [0.15, 0.2) is 5.13 Å². The number of aromatic nitrogens is 1. The Morgan fingerprint density at radius 2 is 2.57 bits per heavy atom. The van der Waals surface area contributed by atoms with Gasteiger partial charge in [0.2, 0.25) is 0 Å². The van der Waals surface area contributed by atoms with Gasteiger partial charge in [-0.2, -0.15) is 11.8 Å². The molecule has 1 saturated heterocycles. The van der Waals surface area contributed by atoms with Gasteiger partial charge in [-0.3, -0.25) is 0 Å². The molecule has 0 aromatic carbocycles. The summed E-state index contributed by atoms with van der Waals surface area (Å²) in [5.74, 6) is 1.78. The second kappa shape index (κ2) is 4.73. The summed E-state index contributed by atoms with van der Waals surface area (Å²) >= 11 is 9.51. The van der Waals surface area contributed by atoms with Gasteiger partial charge in [-0.15, -0.1) is 22.9 Å². The first-order valence-electron chi connectivity index (χ1n) is 4.67. The van der Waals surface area contributed by atoms with Crippen LogP contribution in [0.3, 0.4) is 0 Å². The molecule has 1 aliphatic rings. The highest BCUT2D eigenvalue weighted by molar-refractivity contribution is 8.00. The fraction of sp³-hybridized carbons (Fsp3) is 0.667. The first-order chi connectivity index (χ1) is 6.79. The smallest absolute Gasteiger partial charge is 0.185 e. The van der Waals surface area contributed by atoms with Crippen molar-refractivity contribution >= 4 is 39.8 Å². The van der Waals surface area contributed by atoms with Crippen LogP contribution in [0, 0.1) is 0 Å². The standard InChI is InChI=1S/C9H13ClN2S2/c1-7-6-12(2-3-13-7)9-11-5-8(4-10)14-9/h5,7H,2-4,6H2,1H3. The molecule has 78 valence electrons. The molecule has 1 aromatic heterocycles. The van der Waals surface area contributed by atoms with Gasteiger partial charge in [0, 0.05) is 35.2 Å². The van der Waals surface area contributed by atoms with Crippen LogP contribution in [0.25, 0.3) is 0 Å². The van der Waals surface area contributed by atoms with Crippen molar-refractivity contribution in [1.29, 1.82) is 0 Å². The minimum absolute atomic E-state index is 0.579. The third-order valence-corrected chi connectivity index (χ3v) is 4.83. The normalized spacial score (nSPS) is 22.7. The molecule has 0 aliphatic carbocycles. The van der Waals surface area contributed by atoms with Gasteiger partial charge in [-0.05, 0) is 0 Å². The van der Waals surface area contributed by atoms with E-state index in [4.69, 9.17) is 11.6 Å². The highest BCUT2D eigenvalue weighted by atomic mass is 35.5. The van der Waals surface area contributed by atoms with Crippen LogP contribution >= 0.6 is 34.7 Å². The number of anilines is 1. The maximum atomic E-state index is 5.76. The highest BCUT2D eigenvalue weighted by Crippen LogP contribution is 2.28. The van der Waals surface area contributed by atoms with Crippen molar-refractivity contribution in [3.05, 3.63) is 11.1 Å². The summed E-state index contributed by atoms with van der Waals surface area (Å²) in [7, 11) is 0. The summed E-state index contributed by atoms with van der Waals surface area (Å²) in [5.41, 5.74) is 0. The van der Waals surface area contributed by atoms with Crippen molar-refractivity contribution in [2.24, 2.45) is 0 Å². The van der Waals surface area contributed by atoms with Crippen LogP contribution in [0.4, 0.5) is 5.13 Å². The summed E-state index contributed by atoms with van der Waals surface area (Å²) in [6, 6.07) is 0. The molecule has 0 bridgehead atoms. The Labute approximate surface area is 97.7 Å². The summed E-state index contributed by atoms with van der Waals surface area (Å²) in [6.07, 6.45) is 1.89. The number of thioether (sulfide) groups is 1. The SMILES string of the molecule is CC1CN(c2ncc(CCl)s2)CCS1. The molecule has 0 amide bonds. The Morgan fingerprint density at radius 3 is 3.21 bits per heavy atom. The number of thiazole rings is 1. The fourth-order valence-electron chi connectivity index (χ4n) is 1.50. The third-order valence-electron chi connectivity index (χ3n) is 2.18. The van der Waals surface area contributed by atoms with Crippen molar-refractivity contribution < 1.29 is 0 Å². The van der Waals surface area contributed by atoms with Gasteiger partial charge in [0.1, 0.15) is 0 Å². The topological polar surface area (TPSA) is 16.1 Å². The number of hydrogen-bond acceptors (Lipinski definition) is 4. The van der Waals surface area contributed by atoms with Gasteiger partial charge in [-0.1, -0.05) is 6.92 Å². The van der Waals surface area contributed by atoms with Crippen molar-refractivity contribution in [3.8, 4) is 0 Å². The summed E-state index contributed by atoms with van der Waals surface area (Å²) in [6.45, 7) is 4.50. The monoisotopic (exact) mass is 248 g/mol. The molecule has 5 heteroatoms. The summed E-state index contributed by atoms with van der Waals surface area (Å²) < 4.78 is 0. The van der Waals surface area contributed by atoms with Crippen LogP contribution < -0.4 is 4.90 Å². The molecule has 0 saturated carbocycles. The third kappa shape index (κ3) is 2.35. The molecule has 1 aromatic rings. The fourth-order valence-corrected chi connectivity index (χ4v) is 3.54. The van der Waals surface area contributed by atoms with Crippen LogP contribution in [0.2, 0.25) is 0 Å². The van der Waals surface area contributed by atoms with Gasteiger partial charge < -0.3 is 4.90 Å². The molecule has 14 heavy (non-hydrogen) atoms. The second-order valence-electron chi connectivity index (χ2n) is 3.37. The van der Waals surface area contributed by atoms with Crippen molar-refractivity contribution in [3.63, 3.8) is 0 Å². The first kappa shape index (κ1) is 10.6. The van der Waals surface area contributed by atoms with E-state index < -0.39 is 0 Å². The van der Waals surface area contributed by atoms with Crippen LogP contribution in [0.5, 0.6) is 0 Å². The van der Waals surface area contributed by atoms with E-state index in [1.165, 1.54) is 5.75 Å². The number of alkyl halides is 1. The number of hydrogen-bond donors (Lipinski definition) is 0. The second-order valence-corrected chi connectivity index (χ2v) is 6.28. The van der Waals surface area contributed by atoms with Crippen LogP contribution in [0.1, 0.15) is 11.8 Å². The molecule has 0 N–H and O–H groups in total. The van der Waals surface area contributed by atoms with Gasteiger partial charge in [0.25, 0.3) is 0 Å². The van der Waals surface area contributed by atoms with Gasteiger partial charge >= 0.3 is 0 Å². The van der Waals surface area contributed by atoms with E-state index in [1.54, 1.807) is 11.3 Å². The molecule has 1 fully saturated rings. The number of nitrogens with zero attached hydrogens (tertiary/aromatic N) is 2. The van der Waals surface area contributed by atoms with E-state index in [0.717, 1.165) is 23.1 Å². The lowest BCUT2D eigenvalue weighted by molar-refractivity contribution is 0.779. The highest BCUT2D eigenvalue weighted by Gasteiger charge is 2.19. The number of rotatable bonds is 2. The van der Waals surface area contributed by atoms with E-state index in [-0.39, 0.29) is 0 Å². The van der Waals surface area contributed by atoms with Gasteiger partial charge in [-0.25, -0.2) is 4.98 Å². The Bertz CT molecular complexity index is 303. The van der Waals surface area contributed by atoms with Crippen molar-refractivity contribution in [2.45, 2.75) is 18.1 Å². The average molecular weight is 249 g/mol. The molecule has 2 rings (SSSR count). The predicted molar refractivity (Wildman–Crippen MR) is 65.8 cm³/mol.